The lowest BCUT2D eigenvalue weighted by Crippen LogP contribution is -2.59. The van der Waals surface area contributed by atoms with Gasteiger partial charge in [0.15, 0.2) is 0 Å². The number of nitrogens with one attached hydrogen (secondary N) is 4. The Morgan fingerprint density at radius 1 is 0.267 bits per heavy atom. The van der Waals surface area contributed by atoms with E-state index in [0.717, 1.165) is 49.4 Å². The molecule has 5 fully saturated rings. The molecule has 5 aliphatic rings. The Morgan fingerprint density at radius 2 is 0.508 bits per heavy atom. The van der Waals surface area contributed by atoms with Crippen LogP contribution in [0.1, 0.15) is 473 Å². The van der Waals surface area contributed by atoms with Crippen LogP contribution >= 0.6 is 0 Å². The molecule has 4 aliphatic heterocycles. The van der Waals surface area contributed by atoms with Crippen molar-refractivity contribution in [2.24, 2.45) is 23.7 Å². The molecule has 0 amide bonds. The predicted octanol–water partition coefficient (Wildman–Crippen LogP) is 30.8. The van der Waals surface area contributed by atoms with Crippen LogP contribution in [0.2, 0.25) is 0 Å². The van der Waals surface area contributed by atoms with E-state index in [-0.39, 0.29) is 87.6 Å². The molecule has 0 atom stereocenters. The molecule has 5 aromatic rings. The Bertz CT molecular complexity index is 3860. The monoisotopic (exact) mass is 1650 g/mol. The highest BCUT2D eigenvalue weighted by molar-refractivity contribution is 5.49. The number of rotatable bonds is 14. The lowest BCUT2D eigenvalue weighted by Gasteiger charge is -2.49. The van der Waals surface area contributed by atoms with Gasteiger partial charge in [0.05, 0.1) is 12.7 Å². The van der Waals surface area contributed by atoms with Crippen LogP contribution < -0.4 is 21.3 Å². The molecule has 5 heteroatoms. The average molecular weight is 1650 g/mol. The van der Waals surface area contributed by atoms with Crippen molar-refractivity contribution in [1.82, 2.24) is 21.3 Å². The first-order valence-electron chi connectivity index (χ1n) is 48.4. The quantitative estimate of drug-likeness (QED) is 0.0893. The summed E-state index contributed by atoms with van der Waals surface area (Å²) in [5, 5.41) is 15.3. The Hall–Kier alpha value is -4.10. The van der Waals surface area contributed by atoms with Crippen molar-refractivity contribution in [3.05, 3.63) is 173 Å². The van der Waals surface area contributed by atoms with E-state index in [2.05, 4.69) is 399 Å². The maximum absolute atomic E-state index is 6.48. The first-order chi connectivity index (χ1) is 53.9. The number of benzene rings is 5. The number of ether oxygens (including phenoxy) is 1. The van der Waals surface area contributed by atoms with Crippen LogP contribution in [-0.2, 0) is 80.3 Å². The first kappa shape index (κ1) is 103. The molecule has 678 valence electrons. The highest BCUT2D eigenvalue weighted by Gasteiger charge is 2.44. The zero-order valence-corrected chi connectivity index (χ0v) is 87.2. The summed E-state index contributed by atoms with van der Waals surface area (Å²) < 4.78 is 6.48. The number of aryl methyl sites for hydroxylation is 4. The molecular formula is C115H192N4O. The Kier molecular flexibility index (Phi) is 32.0. The SMILES string of the molecule is Cc1c(C(C)(C)C)cc(CCC2CC(C)(C)NC(C)(C)C2)cc1C(C)(C)C.Cc1c(C(C)(C)C)cc(CCC2CCC(C3CC(C)(C)NC(C)(C)C3)CC2)cc1C(C)(C)C.Cc1c(C(C)(C)C)cc(CCc2ccc(C3CC(C)(C)NC(C)(C)C3)cc2)cc1C(C)(C)C.Cc1c(C(C)(C)C)cc(COC2CC(C)(C)NC(C)(C)C2)cc1C(C)(C)C. The van der Waals surface area contributed by atoms with Gasteiger partial charge >= 0.3 is 0 Å². The highest BCUT2D eigenvalue weighted by atomic mass is 16.5. The molecule has 4 N–H and O–H groups in total. The maximum atomic E-state index is 6.48. The van der Waals surface area contributed by atoms with Crippen LogP contribution in [0.15, 0.2) is 72.8 Å². The highest BCUT2D eigenvalue weighted by Crippen LogP contribution is 2.48. The summed E-state index contributed by atoms with van der Waals surface area (Å²) in [7, 11) is 0. The van der Waals surface area contributed by atoms with Gasteiger partial charge in [-0.05, 0) is 414 Å². The van der Waals surface area contributed by atoms with Crippen LogP contribution in [0.5, 0.6) is 0 Å². The van der Waals surface area contributed by atoms with Crippen molar-refractivity contribution >= 4 is 0 Å². The zero-order chi connectivity index (χ0) is 91.3. The fourth-order valence-electron chi connectivity index (χ4n) is 24.4. The van der Waals surface area contributed by atoms with E-state index >= 15 is 0 Å². The summed E-state index contributed by atoms with van der Waals surface area (Å²) in [4.78, 5) is 0. The van der Waals surface area contributed by atoms with Gasteiger partial charge in [0.1, 0.15) is 0 Å². The van der Waals surface area contributed by atoms with Gasteiger partial charge in [0, 0.05) is 44.3 Å². The molecule has 120 heavy (non-hydrogen) atoms. The number of hydrogen-bond acceptors (Lipinski definition) is 5. The van der Waals surface area contributed by atoms with E-state index < -0.39 is 0 Å². The van der Waals surface area contributed by atoms with Gasteiger partial charge in [0.2, 0.25) is 0 Å². The van der Waals surface area contributed by atoms with Crippen LogP contribution in [0.3, 0.4) is 0 Å². The van der Waals surface area contributed by atoms with Gasteiger partial charge in [-0.3, -0.25) is 0 Å². The second-order valence-electron chi connectivity index (χ2n) is 53.8. The van der Waals surface area contributed by atoms with Gasteiger partial charge in [-0.1, -0.05) is 252 Å². The third-order valence-electron chi connectivity index (χ3n) is 28.1. The molecule has 0 spiro atoms. The van der Waals surface area contributed by atoms with E-state index in [0.29, 0.717) is 18.6 Å². The Labute approximate surface area is 744 Å². The molecule has 5 aromatic carbocycles. The van der Waals surface area contributed by atoms with Crippen molar-refractivity contribution in [3.63, 3.8) is 0 Å². The zero-order valence-electron chi connectivity index (χ0n) is 87.2. The lowest BCUT2D eigenvalue weighted by atomic mass is 9.65. The summed E-state index contributed by atoms with van der Waals surface area (Å²) in [6, 6.07) is 29.3. The molecule has 1 saturated carbocycles. The van der Waals surface area contributed by atoms with E-state index in [1.54, 1.807) is 16.7 Å². The Morgan fingerprint density at radius 3 is 0.800 bits per heavy atom. The maximum Gasteiger partial charge on any atom is 0.0720 e. The molecule has 0 aromatic heterocycles. The minimum atomic E-state index is 0.118. The van der Waals surface area contributed by atoms with E-state index in [9.17, 15) is 0 Å². The van der Waals surface area contributed by atoms with E-state index in [1.165, 1.54) is 173 Å². The third-order valence-corrected chi connectivity index (χ3v) is 28.1. The van der Waals surface area contributed by atoms with Crippen LogP contribution in [-0.4, -0.2) is 50.4 Å². The van der Waals surface area contributed by atoms with Crippen LogP contribution in [0.4, 0.5) is 0 Å². The van der Waals surface area contributed by atoms with Gasteiger partial charge in [-0.2, -0.15) is 0 Å². The van der Waals surface area contributed by atoms with Crippen molar-refractivity contribution in [3.8, 4) is 0 Å². The number of piperidine rings is 4. The minimum Gasteiger partial charge on any atom is -0.373 e. The molecule has 0 bridgehead atoms. The largest absolute Gasteiger partial charge is 0.373 e. The van der Waals surface area contributed by atoms with Gasteiger partial charge in [-0.15, -0.1) is 0 Å². The lowest BCUT2D eigenvalue weighted by molar-refractivity contribution is -0.0304. The smallest absolute Gasteiger partial charge is 0.0720 e. The van der Waals surface area contributed by atoms with E-state index in [4.69, 9.17) is 4.74 Å². The summed E-state index contributed by atoms with van der Waals surface area (Å²) in [5.74, 6) is 4.19. The molecule has 0 unspecified atom stereocenters. The Balaban J connectivity index is 0.000000222. The summed E-state index contributed by atoms with van der Waals surface area (Å²) in [6.45, 7) is 104. The standard InChI is InChI=1S/C32H55N.C32H49N.C26H45N.C25H43NO/c2*1-22-27(29(2,3)4)18-24(19-28(22)30(5,6)7)13-12-23-14-16-25(17-15-23)26-20-31(8,9)33-32(10,11)21-26;1-18-21(23(2,3)4)14-19(15-22(18)24(5,6)7)12-13-20-16-25(8,9)27-26(10,11)17-20;1-17-20(22(2,3)4)12-18(13-21(17)23(5,6)7)16-27-19-14-24(8,9)26-25(10,11)15-19/h18-19,23,25-26,33H,12-17,20-21H2,1-11H3;14-19,26,33H,12-13,20-21H2,1-11H3;14-15,20,27H,12-13,16-17H2,1-11H3;12-13,19,26H,14-16H2,1-11H3. The average Bonchev–Trinajstić information content (AvgIpc) is 0.768. The molecule has 5 nitrogen and oxygen atoms in total. The molecule has 1 aliphatic carbocycles. The van der Waals surface area contributed by atoms with Crippen LogP contribution in [0.25, 0.3) is 0 Å². The second kappa shape index (κ2) is 37.3. The third kappa shape index (κ3) is 30.0. The molecule has 4 saturated heterocycles. The van der Waals surface area contributed by atoms with Crippen LogP contribution in [0, 0.1) is 51.4 Å². The molecule has 4 heterocycles. The van der Waals surface area contributed by atoms with Gasteiger partial charge in [0.25, 0.3) is 0 Å². The number of hydrogen-bond donors (Lipinski definition) is 4. The molecular weight excluding hydrogens is 1450 g/mol. The normalized spacial score (nSPS) is 21.8. The minimum absolute atomic E-state index is 0.118. The molecule has 10 rings (SSSR count). The predicted molar refractivity (Wildman–Crippen MR) is 531 cm³/mol. The van der Waals surface area contributed by atoms with E-state index in [1.807, 2.05) is 0 Å². The van der Waals surface area contributed by atoms with Gasteiger partial charge < -0.3 is 26.0 Å². The van der Waals surface area contributed by atoms with Crippen molar-refractivity contribution in [2.45, 2.75) is 526 Å². The second-order valence-corrected chi connectivity index (χ2v) is 53.8. The summed E-state index contributed by atoms with van der Waals surface area (Å²) in [5.41, 5.74) is 29.8. The van der Waals surface area contributed by atoms with Crippen molar-refractivity contribution < 1.29 is 4.74 Å². The van der Waals surface area contributed by atoms with Crippen molar-refractivity contribution in [1.29, 1.82) is 0 Å². The summed E-state index contributed by atoms with van der Waals surface area (Å²) in [6.07, 6.45) is 23.2. The fraction of sp³-hybridized carbons (Fsp3) is 0.739. The topological polar surface area (TPSA) is 57.3 Å². The molecule has 0 radical (unpaired) electrons. The fourth-order valence-corrected chi connectivity index (χ4v) is 24.4. The summed E-state index contributed by atoms with van der Waals surface area (Å²) >= 11 is 0. The van der Waals surface area contributed by atoms with Gasteiger partial charge in [-0.25, -0.2) is 0 Å². The first-order valence-corrected chi connectivity index (χ1v) is 48.4. The van der Waals surface area contributed by atoms with Crippen molar-refractivity contribution in [2.75, 3.05) is 0 Å².